The minimum absolute atomic E-state index is 0.105. The van der Waals surface area contributed by atoms with E-state index in [1.54, 1.807) is 6.07 Å². The van der Waals surface area contributed by atoms with Crippen molar-refractivity contribution in [2.24, 2.45) is 0 Å². The highest BCUT2D eigenvalue weighted by atomic mass is 19.4. The monoisotopic (exact) mass is 290 g/mol. The molecular formula is C13H17F3N2O2. The fourth-order valence-electron chi connectivity index (χ4n) is 1.46. The van der Waals surface area contributed by atoms with Crippen molar-refractivity contribution < 1.29 is 22.7 Å². The topological polar surface area (TPSA) is 50.4 Å². The van der Waals surface area contributed by atoms with E-state index in [2.05, 4.69) is 15.4 Å². The Morgan fingerprint density at radius 3 is 2.35 bits per heavy atom. The highest BCUT2D eigenvalue weighted by Crippen LogP contribution is 2.29. The van der Waals surface area contributed by atoms with Gasteiger partial charge in [0.25, 0.3) is 0 Å². The van der Waals surface area contributed by atoms with Gasteiger partial charge < -0.3 is 15.4 Å². The molecule has 112 valence electrons. The van der Waals surface area contributed by atoms with E-state index in [9.17, 15) is 18.0 Å². The van der Waals surface area contributed by atoms with Crippen LogP contribution in [0.1, 0.15) is 20.8 Å². The number of carbonyl (C=O) groups is 1. The smallest absolute Gasteiger partial charge is 0.404 e. The molecule has 0 atom stereocenters. The third-order valence-corrected chi connectivity index (χ3v) is 2.07. The van der Waals surface area contributed by atoms with Crippen molar-refractivity contribution in [1.29, 1.82) is 0 Å². The average molecular weight is 290 g/mol. The number of amides is 1. The van der Waals surface area contributed by atoms with Crippen molar-refractivity contribution in [3.05, 3.63) is 24.3 Å². The molecule has 0 saturated heterocycles. The number of nitrogens with one attached hydrogen (secondary N) is 2. The molecule has 0 unspecified atom stereocenters. The first-order valence-electron chi connectivity index (χ1n) is 5.96. The number of ether oxygens (including phenoxy) is 1. The third-order valence-electron chi connectivity index (χ3n) is 2.07. The molecule has 2 N–H and O–H groups in total. The van der Waals surface area contributed by atoms with Crippen LogP contribution in [0.15, 0.2) is 24.3 Å². The van der Waals surface area contributed by atoms with E-state index in [1.807, 2.05) is 20.8 Å². The summed E-state index contributed by atoms with van der Waals surface area (Å²) < 4.78 is 40.5. The van der Waals surface area contributed by atoms with Gasteiger partial charge in [-0.1, -0.05) is 12.1 Å². The summed E-state index contributed by atoms with van der Waals surface area (Å²) in [5.74, 6) is -0.692. The Morgan fingerprint density at radius 2 is 1.80 bits per heavy atom. The molecule has 0 saturated carbocycles. The molecule has 7 heteroatoms. The number of carbonyl (C=O) groups excluding carboxylic acids is 1. The van der Waals surface area contributed by atoms with Gasteiger partial charge in [-0.25, -0.2) is 0 Å². The number of hydrogen-bond acceptors (Lipinski definition) is 3. The molecule has 1 aromatic rings. The first-order chi connectivity index (χ1) is 9.07. The normalized spacial score (nSPS) is 11.9. The summed E-state index contributed by atoms with van der Waals surface area (Å²) in [6.07, 6.45) is -4.77. The van der Waals surface area contributed by atoms with Crippen molar-refractivity contribution in [3.8, 4) is 5.75 Å². The van der Waals surface area contributed by atoms with Gasteiger partial charge in [0, 0.05) is 5.54 Å². The molecule has 0 fully saturated rings. The van der Waals surface area contributed by atoms with Crippen LogP contribution >= 0.6 is 0 Å². The largest absolute Gasteiger partial charge is 0.573 e. The van der Waals surface area contributed by atoms with E-state index in [-0.39, 0.29) is 23.9 Å². The number of alkyl halides is 3. The zero-order chi connectivity index (χ0) is 15.4. The number of benzene rings is 1. The molecule has 1 rings (SSSR count). The quantitative estimate of drug-likeness (QED) is 0.896. The van der Waals surface area contributed by atoms with Gasteiger partial charge in [0.15, 0.2) is 5.75 Å². The summed E-state index contributed by atoms with van der Waals surface area (Å²) >= 11 is 0. The minimum atomic E-state index is -4.77. The van der Waals surface area contributed by atoms with E-state index in [0.717, 1.165) is 0 Å². The Hall–Kier alpha value is -1.92. The molecule has 0 aliphatic heterocycles. The fraction of sp³-hybridized carbons (Fsp3) is 0.462. The van der Waals surface area contributed by atoms with E-state index < -0.39 is 11.9 Å². The molecule has 0 spiro atoms. The highest BCUT2D eigenvalue weighted by Gasteiger charge is 2.32. The van der Waals surface area contributed by atoms with Crippen molar-refractivity contribution in [2.45, 2.75) is 32.7 Å². The van der Waals surface area contributed by atoms with Crippen LogP contribution < -0.4 is 15.4 Å². The molecule has 1 amide bonds. The van der Waals surface area contributed by atoms with Crippen LogP contribution in [-0.4, -0.2) is 24.4 Å². The van der Waals surface area contributed by atoms with Crippen molar-refractivity contribution >= 4 is 11.6 Å². The Labute approximate surface area is 115 Å². The number of anilines is 1. The summed E-state index contributed by atoms with van der Waals surface area (Å²) in [6, 6.07) is 5.55. The summed E-state index contributed by atoms with van der Waals surface area (Å²) in [6.45, 7) is 5.29. The molecule has 0 aliphatic rings. The van der Waals surface area contributed by atoms with Crippen LogP contribution in [0.2, 0.25) is 0 Å². The standard InChI is InChI=1S/C13H17F3N2O2/c1-12(2,3)18-11(19)8-17-9-6-4-5-7-10(9)20-13(14,15)16/h4-7,17H,8H2,1-3H3,(H,18,19). The third kappa shape index (κ3) is 6.31. The van der Waals surface area contributed by atoms with E-state index in [1.165, 1.54) is 18.2 Å². The minimum Gasteiger partial charge on any atom is -0.404 e. The molecule has 0 radical (unpaired) electrons. The van der Waals surface area contributed by atoms with Crippen LogP contribution in [0.3, 0.4) is 0 Å². The molecule has 0 heterocycles. The lowest BCUT2D eigenvalue weighted by atomic mass is 10.1. The van der Waals surface area contributed by atoms with Crippen LogP contribution in [0.25, 0.3) is 0 Å². The zero-order valence-corrected chi connectivity index (χ0v) is 11.5. The Bertz CT molecular complexity index is 467. The first-order valence-corrected chi connectivity index (χ1v) is 5.96. The first kappa shape index (κ1) is 16.1. The van der Waals surface area contributed by atoms with Crippen LogP contribution in [-0.2, 0) is 4.79 Å². The van der Waals surface area contributed by atoms with Gasteiger partial charge >= 0.3 is 6.36 Å². The van der Waals surface area contributed by atoms with Gasteiger partial charge in [-0.2, -0.15) is 0 Å². The molecule has 20 heavy (non-hydrogen) atoms. The fourth-order valence-corrected chi connectivity index (χ4v) is 1.46. The van der Waals surface area contributed by atoms with Gasteiger partial charge in [0.2, 0.25) is 5.91 Å². The number of hydrogen-bond donors (Lipinski definition) is 2. The van der Waals surface area contributed by atoms with Crippen molar-refractivity contribution in [2.75, 3.05) is 11.9 Å². The van der Waals surface area contributed by atoms with Gasteiger partial charge in [-0.15, -0.1) is 13.2 Å². The molecular weight excluding hydrogens is 273 g/mol. The summed E-state index contributed by atoms with van der Waals surface area (Å²) in [4.78, 5) is 11.6. The van der Waals surface area contributed by atoms with Crippen molar-refractivity contribution in [3.63, 3.8) is 0 Å². The maximum absolute atomic E-state index is 12.2. The van der Waals surface area contributed by atoms with Gasteiger partial charge in [-0.05, 0) is 32.9 Å². The second kappa shape index (κ2) is 6.02. The SMILES string of the molecule is CC(C)(C)NC(=O)CNc1ccccc1OC(F)(F)F. The van der Waals surface area contributed by atoms with Gasteiger partial charge in [0.05, 0.1) is 12.2 Å². The predicted octanol–water partition coefficient (Wildman–Crippen LogP) is 2.91. The lowest BCUT2D eigenvalue weighted by molar-refractivity contribution is -0.274. The molecule has 4 nitrogen and oxygen atoms in total. The van der Waals surface area contributed by atoms with Gasteiger partial charge in [-0.3, -0.25) is 4.79 Å². The second-order valence-corrected chi connectivity index (χ2v) is 5.20. The van der Waals surface area contributed by atoms with Crippen LogP contribution in [0, 0.1) is 0 Å². The summed E-state index contributed by atoms with van der Waals surface area (Å²) in [5.41, 5.74) is -0.297. The number of para-hydroxylation sites is 2. The molecule has 0 aliphatic carbocycles. The maximum Gasteiger partial charge on any atom is 0.573 e. The van der Waals surface area contributed by atoms with Crippen LogP contribution in [0.4, 0.5) is 18.9 Å². The summed E-state index contributed by atoms with van der Waals surface area (Å²) in [5, 5.41) is 5.31. The maximum atomic E-state index is 12.2. The average Bonchev–Trinajstić information content (AvgIpc) is 2.23. The van der Waals surface area contributed by atoms with E-state index >= 15 is 0 Å². The lowest BCUT2D eigenvalue weighted by Gasteiger charge is -2.21. The number of halogens is 3. The predicted molar refractivity (Wildman–Crippen MR) is 69.5 cm³/mol. The van der Waals surface area contributed by atoms with Gasteiger partial charge in [0.1, 0.15) is 0 Å². The number of rotatable bonds is 4. The molecule has 1 aromatic carbocycles. The zero-order valence-electron chi connectivity index (χ0n) is 11.5. The van der Waals surface area contributed by atoms with Crippen LogP contribution in [0.5, 0.6) is 5.75 Å². The Balaban J connectivity index is 2.67. The van der Waals surface area contributed by atoms with Crippen molar-refractivity contribution in [1.82, 2.24) is 5.32 Å². The summed E-state index contributed by atoms with van der Waals surface area (Å²) in [7, 11) is 0. The highest BCUT2D eigenvalue weighted by molar-refractivity contribution is 5.81. The molecule has 0 aromatic heterocycles. The Morgan fingerprint density at radius 1 is 1.20 bits per heavy atom. The lowest BCUT2D eigenvalue weighted by Crippen LogP contribution is -2.43. The van der Waals surface area contributed by atoms with E-state index in [0.29, 0.717) is 0 Å². The molecule has 0 bridgehead atoms. The van der Waals surface area contributed by atoms with E-state index in [4.69, 9.17) is 0 Å². The Kier molecular flexibility index (Phi) is 4.86. The second-order valence-electron chi connectivity index (χ2n) is 5.20.